The van der Waals surface area contributed by atoms with Gasteiger partial charge in [-0.15, -0.1) is 23.1 Å². The summed E-state index contributed by atoms with van der Waals surface area (Å²) in [5.41, 5.74) is 4.65. The Morgan fingerprint density at radius 1 is 1.14 bits per heavy atom. The van der Waals surface area contributed by atoms with E-state index >= 15 is 0 Å². The molecule has 0 spiro atoms. The third-order valence-electron chi connectivity index (χ3n) is 4.62. The van der Waals surface area contributed by atoms with Gasteiger partial charge in [0.05, 0.1) is 11.2 Å². The van der Waals surface area contributed by atoms with E-state index in [0.29, 0.717) is 31.9 Å². The molecule has 3 aromatic rings. The predicted molar refractivity (Wildman–Crippen MR) is 116 cm³/mol. The number of benzene rings is 2. The van der Waals surface area contributed by atoms with E-state index in [0.717, 1.165) is 33.4 Å². The maximum Gasteiger partial charge on any atom is 0.254 e. The maximum atomic E-state index is 13.0. The van der Waals surface area contributed by atoms with Gasteiger partial charge in [-0.3, -0.25) is 4.79 Å². The molecule has 0 unspecified atom stereocenters. The van der Waals surface area contributed by atoms with E-state index < -0.39 is 0 Å². The monoisotopic (exact) mass is 426 g/mol. The summed E-state index contributed by atoms with van der Waals surface area (Å²) in [5.74, 6) is 2.37. The van der Waals surface area contributed by atoms with Crippen LogP contribution in [-0.2, 0) is 12.3 Å². The molecule has 0 N–H and O–H groups in total. The topological polar surface area (TPSA) is 51.7 Å². The second kappa shape index (κ2) is 9.33. The Hall–Kier alpha value is -2.51. The van der Waals surface area contributed by atoms with Crippen molar-refractivity contribution in [2.75, 3.05) is 19.8 Å². The van der Waals surface area contributed by atoms with Gasteiger partial charge in [-0.05, 0) is 48.9 Å². The van der Waals surface area contributed by atoms with Gasteiger partial charge >= 0.3 is 0 Å². The number of thiazole rings is 1. The molecule has 2 heterocycles. The van der Waals surface area contributed by atoms with Gasteiger partial charge in [0.15, 0.2) is 11.5 Å². The second-order valence-electron chi connectivity index (χ2n) is 6.59. The smallest absolute Gasteiger partial charge is 0.254 e. The lowest BCUT2D eigenvalue weighted by molar-refractivity contribution is 0.0752. The van der Waals surface area contributed by atoms with Crippen LogP contribution < -0.4 is 9.47 Å². The van der Waals surface area contributed by atoms with Crippen molar-refractivity contribution in [3.8, 4) is 11.5 Å². The van der Waals surface area contributed by atoms with Crippen LogP contribution in [0.1, 0.15) is 28.5 Å². The molecule has 1 aliphatic rings. The van der Waals surface area contributed by atoms with E-state index in [1.807, 2.05) is 59.8 Å². The zero-order valence-electron chi connectivity index (χ0n) is 16.2. The normalized spacial score (nSPS) is 12.6. The van der Waals surface area contributed by atoms with Gasteiger partial charge in [-0.25, -0.2) is 4.98 Å². The molecule has 7 heteroatoms. The molecule has 1 amide bonds. The lowest BCUT2D eigenvalue weighted by Gasteiger charge is -2.23. The molecule has 0 bridgehead atoms. The standard InChI is InChI=1S/C22H22N2O3S2/c1-2-24(12-16-3-8-20-21(11-16)27-10-9-26-20)22(25)17-4-6-19(7-5-17)29-14-18-13-28-15-23-18/h3-8,11,13,15H,2,9-10,12,14H2,1H3. The van der Waals surface area contributed by atoms with Crippen LogP contribution in [-0.4, -0.2) is 35.5 Å². The van der Waals surface area contributed by atoms with Crippen LogP contribution in [0.4, 0.5) is 0 Å². The number of hydrogen-bond donors (Lipinski definition) is 0. The number of ether oxygens (including phenoxy) is 2. The molecule has 4 rings (SSSR count). The van der Waals surface area contributed by atoms with Crippen molar-refractivity contribution in [2.45, 2.75) is 24.1 Å². The number of thioether (sulfide) groups is 1. The Kier molecular flexibility index (Phi) is 6.36. The summed E-state index contributed by atoms with van der Waals surface area (Å²) >= 11 is 3.33. The highest BCUT2D eigenvalue weighted by molar-refractivity contribution is 7.98. The first-order valence-corrected chi connectivity index (χ1v) is 11.4. The quantitative estimate of drug-likeness (QED) is 0.505. The summed E-state index contributed by atoms with van der Waals surface area (Å²) < 4.78 is 11.2. The predicted octanol–water partition coefficient (Wildman–Crippen LogP) is 4.87. The van der Waals surface area contributed by atoms with Crippen molar-refractivity contribution in [3.05, 3.63) is 70.2 Å². The minimum atomic E-state index is 0.0263. The molecule has 5 nitrogen and oxygen atoms in total. The van der Waals surface area contributed by atoms with E-state index in [4.69, 9.17) is 9.47 Å². The molecule has 150 valence electrons. The fraction of sp³-hybridized carbons (Fsp3) is 0.273. The second-order valence-corrected chi connectivity index (χ2v) is 8.36. The zero-order chi connectivity index (χ0) is 20.1. The largest absolute Gasteiger partial charge is 0.486 e. The number of rotatable bonds is 7. The first-order chi connectivity index (χ1) is 14.2. The Morgan fingerprint density at radius 2 is 1.93 bits per heavy atom. The van der Waals surface area contributed by atoms with Crippen molar-refractivity contribution >= 4 is 29.0 Å². The van der Waals surface area contributed by atoms with Gasteiger partial charge < -0.3 is 14.4 Å². The summed E-state index contributed by atoms with van der Waals surface area (Å²) in [6, 6.07) is 13.7. The number of nitrogens with zero attached hydrogens (tertiary/aromatic N) is 2. The molecule has 1 aliphatic heterocycles. The Bertz CT molecular complexity index is 959. The molecule has 0 saturated carbocycles. The fourth-order valence-corrected chi connectivity index (χ4v) is 4.54. The van der Waals surface area contributed by atoms with Crippen molar-refractivity contribution in [1.82, 2.24) is 9.88 Å². The summed E-state index contributed by atoms with van der Waals surface area (Å²) in [5, 5.41) is 2.06. The van der Waals surface area contributed by atoms with E-state index in [-0.39, 0.29) is 5.91 Å². The zero-order valence-corrected chi connectivity index (χ0v) is 17.8. The Labute approximate surface area is 178 Å². The van der Waals surface area contributed by atoms with E-state index in [1.54, 1.807) is 23.1 Å². The molecular formula is C22H22N2O3S2. The summed E-state index contributed by atoms with van der Waals surface area (Å²) in [7, 11) is 0. The van der Waals surface area contributed by atoms with Gasteiger partial charge in [0.2, 0.25) is 0 Å². The minimum absolute atomic E-state index is 0.0263. The minimum Gasteiger partial charge on any atom is -0.486 e. The van der Waals surface area contributed by atoms with Crippen molar-refractivity contribution < 1.29 is 14.3 Å². The lowest BCUT2D eigenvalue weighted by atomic mass is 10.1. The van der Waals surface area contributed by atoms with E-state index in [9.17, 15) is 4.79 Å². The van der Waals surface area contributed by atoms with Crippen LogP contribution in [0.5, 0.6) is 11.5 Å². The third kappa shape index (κ3) is 4.92. The van der Waals surface area contributed by atoms with Gasteiger partial charge in [0.25, 0.3) is 5.91 Å². The molecule has 0 atom stereocenters. The van der Waals surface area contributed by atoms with Crippen molar-refractivity contribution in [1.29, 1.82) is 0 Å². The molecule has 0 saturated heterocycles. The number of hydrogen-bond acceptors (Lipinski definition) is 6. The van der Waals surface area contributed by atoms with Crippen LogP contribution in [0.2, 0.25) is 0 Å². The first kappa shape index (κ1) is 19.8. The number of fused-ring (bicyclic) bond motifs is 1. The Morgan fingerprint density at radius 3 is 2.66 bits per heavy atom. The molecule has 29 heavy (non-hydrogen) atoms. The summed E-state index contributed by atoms with van der Waals surface area (Å²) in [6.07, 6.45) is 0. The van der Waals surface area contributed by atoms with Gasteiger partial charge in [0, 0.05) is 34.7 Å². The molecule has 0 aliphatic carbocycles. The SMILES string of the molecule is CCN(Cc1ccc2c(c1)OCCO2)C(=O)c1ccc(SCc2cscn2)cc1. The van der Waals surface area contributed by atoms with Crippen LogP contribution in [0, 0.1) is 0 Å². The van der Waals surface area contributed by atoms with Gasteiger partial charge in [0.1, 0.15) is 13.2 Å². The van der Waals surface area contributed by atoms with Crippen LogP contribution in [0.25, 0.3) is 0 Å². The molecule has 1 aromatic heterocycles. The molecule has 2 aromatic carbocycles. The van der Waals surface area contributed by atoms with Crippen LogP contribution in [0.15, 0.2) is 58.3 Å². The van der Waals surface area contributed by atoms with Crippen molar-refractivity contribution in [2.24, 2.45) is 0 Å². The van der Waals surface area contributed by atoms with Crippen LogP contribution in [0.3, 0.4) is 0 Å². The average Bonchev–Trinajstić information content (AvgIpc) is 3.29. The van der Waals surface area contributed by atoms with Gasteiger partial charge in [-0.1, -0.05) is 6.07 Å². The van der Waals surface area contributed by atoms with E-state index in [1.165, 1.54) is 0 Å². The summed E-state index contributed by atoms with van der Waals surface area (Å²) in [4.78, 5) is 20.2. The van der Waals surface area contributed by atoms with E-state index in [2.05, 4.69) is 10.4 Å². The highest BCUT2D eigenvalue weighted by Gasteiger charge is 2.17. The van der Waals surface area contributed by atoms with Crippen molar-refractivity contribution in [3.63, 3.8) is 0 Å². The lowest BCUT2D eigenvalue weighted by Crippen LogP contribution is -2.30. The first-order valence-electron chi connectivity index (χ1n) is 9.50. The van der Waals surface area contributed by atoms with Crippen LogP contribution >= 0.6 is 23.1 Å². The molecule has 0 radical (unpaired) electrons. The fourth-order valence-electron chi connectivity index (χ4n) is 3.08. The molecule has 0 fully saturated rings. The number of aromatic nitrogens is 1. The number of amides is 1. The molecular weight excluding hydrogens is 404 g/mol. The highest BCUT2D eigenvalue weighted by atomic mass is 32.2. The van der Waals surface area contributed by atoms with Gasteiger partial charge in [-0.2, -0.15) is 0 Å². The maximum absolute atomic E-state index is 13.0. The number of carbonyl (C=O) groups excluding carboxylic acids is 1. The third-order valence-corrected chi connectivity index (χ3v) is 6.30. The average molecular weight is 427 g/mol. The number of carbonyl (C=O) groups is 1. The Balaban J connectivity index is 1.40. The highest BCUT2D eigenvalue weighted by Crippen LogP contribution is 2.31. The summed E-state index contributed by atoms with van der Waals surface area (Å²) in [6.45, 7) is 4.29.